The van der Waals surface area contributed by atoms with Crippen molar-refractivity contribution < 1.29 is 0 Å². The third-order valence-electron chi connectivity index (χ3n) is 2.95. The molecule has 0 amide bonds. The number of fused-ring (bicyclic) bond motifs is 1. The Morgan fingerprint density at radius 3 is 2.62 bits per heavy atom. The van der Waals surface area contributed by atoms with E-state index in [0.29, 0.717) is 0 Å². The highest BCUT2D eigenvalue weighted by Crippen LogP contribution is 2.27. The molecule has 0 fully saturated rings. The Bertz CT molecular complexity index is 574. The standard InChI is InChI=1S/C16H16/c1-5-13-9-14-8-6-7-12(4)16(14)10-15(13)11(2)3/h5-10H,1-2H2,3-4H3. The zero-order valence-electron chi connectivity index (χ0n) is 9.88. The van der Waals surface area contributed by atoms with Crippen LogP contribution in [-0.4, -0.2) is 0 Å². The van der Waals surface area contributed by atoms with Gasteiger partial charge in [-0.1, -0.05) is 43.0 Å². The second-order valence-electron chi connectivity index (χ2n) is 4.22. The summed E-state index contributed by atoms with van der Waals surface area (Å²) >= 11 is 0. The molecule has 0 radical (unpaired) electrons. The van der Waals surface area contributed by atoms with Crippen LogP contribution in [0.4, 0.5) is 0 Å². The van der Waals surface area contributed by atoms with E-state index < -0.39 is 0 Å². The molecule has 80 valence electrons. The van der Waals surface area contributed by atoms with E-state index in [0.717, 1.165) is 11.1 Å². The van der Waals surface area contributed by atoms with Crippen LogP contribution in [-0.2, 0) is 0 Å². The molecular weight excluding hydrogens is 192 g/mol. The lowest BCUT2D eigenvalue weighted by Crippen LogP contribution is -1.87. The summed E-state index contributed by atoms with van der Waals surface area (Å²) in [6.45, 7) is 12.1. The van der Waals surface area contributed by atoms with Gasteiger partial charge in [-0.2, -0.15) is 0 Å². The summed E-state index contributed by atoms with van der Waals surface area (Å²) in [6.07, 6.45) is 1.89. The maximum Gasteiger partial charge on any atom is -0.0148 e. The van der Waals surface area contributed by atoms with Crippen LogP contribution in [0.25, 0.3) is 22.4 Å². The fourth-order valence-corrected chi connectivity index (χ4v) is 2.04. The first kappa shape index (κ1) is 10.7. The van der Waals surface area contributed by atoms with Gasteiger partial charge in [0.25, 0.3) is 0 Å². The summed E-state index contributed by atoms with van der Waals surface area (Å²) in [7, 11) is 0. The van der Waals surface area contributed by atoms with Crippen molar-refractivity contribution in [3.63, 3.8) is 0 Å². The van der Waals surface area contributed by atoms with Crippen LogP contribution in [0, 0.1) is 6.92 Å². The van der Waals surface area contributed by atoms with E-state index in [9.17, 15) is 0 Å². The van der Waals surface area contributed by atoms with Crippen LogP contribution in [0.15, 0.2) is 43.5 Å². The molecule has 0 saturated heterocycles. The molecule has 0 aromatic heterocycles. The van der Waals surface area contributed by atoms with Crippen molar-refractivity contribution in [3.05, 3.63) is 60.2 Å². The molecule has 0 heterocycles. The molecule has 0 atom stereocenters. The Morgan fingerprint density at radius 1 is 1.25 bits per heavy atom. The summed E-state index contributed by atoms with van der Waals surface area (Å²) in [6, 6.07) is 10.8. The number of benzene rings is 2. The van der Waals surface area contributed by atoms with Crippen molar-refractivity contribution in [2.45, 2.75) is 13.8 Å². The fraction of sp³-hybridized carbons (Fsp3) is 0.125. The lowest BCUT2D eigenvalue weighted by Gasteiger charge is -2.10. The van der Waals surface area contributed by atoms with E-state index in [-0.39, 0.29) is 0 Å². The van der Waals surface area contributed by atoms with E-state index in [1.165, 1.54) is 21.9 Å². The highest BCUT2D eigenvalue weighted by Gasteiger charge is 2.04. The maximum absolute atomic E-state index is 4.02. The number of allylic oxidation sites excluding steroid dienone is 1. The van der Waals surface area contributed by atoms with Crippen LogP contribution in [0.5, 0.6) is 0 Å². The SMILES string of the molecule is C=Cc1cc2cccc(C)c2cc1C(=C)C. The zero-order chi connectivity index (χ0) is 11.7. The second kappa shape index (κ2) is 3.97. The molecule has 2 aromatic carbocycles. The smallest absolute Gasteiger partial charge is 0.0148 e. The molecule has 16 heavy (non-hydrogen) atoms. The quantitative estimate of drug-likeness (QED) is 0.663. The van der Waals surface area contributed by atoms with Gasteiger partial charge in [-0.05, 0) is 53.4 Å². The van der Waals surface area contributed by atoms with Crippen molar-refractivity contribution in [2.75, 3.05) is 0 Å². The third kappa shape index (κ3) is 1.67. The molecular formula is C16H16. The number of hydrogen-bond acceptors (Lipinski definition) is 0. The van der Waals surface area contributed by atoms with Gasteiger partial charge in [-0.25, -0.2) is 0 Å². The molecule has 0 bridgehead atoms. The first-order valence-electron chi connectivity index (χ1n) is 5.45. The van der Waals surface area contributed by atoms with Gasteiger partial charge in [0.05, 0.1) is 0 Å². The average Bonchev–Trinajstić information content (AvgIpc) is 2.27. The number of aryl methyl sites for hydroxylation is 1. The van der Waals surface area contributed by atoms with Crippen molar-refractivity contribution in [1.29, 1.82) is 0 Å². The molecule has 0 nitrogen and oxygen atoms in total. The molecule has 2 rings (SSSR count). The minimum Gasteiger partial charge on any atom is -0.0984 e. The summed E-state index contributed by atoms with van der Waals surface area (Å²) in [5.74, 6) is 0. The molecule has 2 aromatic rings. The predicted molar refractivity (Wildman–Crippen MR) is 73.5 cm³/mol. The lowest BCUT2D eigenvalue weighted by atomic mass is 9.95. The summed E-state index contributed by atoms with van der Waals surface area (Å²) < 4.78 is 0. The maximum atomic E-state index is 4.02. The fourth-order valence-electron chi connectivity index (χ4n) is 2.04. The van der Waals surface area contributed by atoms with Crippen molar-refractivity contribution in [3.8, 4) is 0 Å². The van der Waals surface area contributed by atoms with Crippen LogP contribution < -0.4 is 0 Å². The van der Waals surface area contributed by atoms with Crippen LogP contribution in [0.2, 0.25) is 0 Å². The van der Waals surface area contributed by atoms with Crippen molar-refractivity contribution in [2.24, 2.45) is 0 Å². The highest BCUT2D eigenvalue weighted by molar-refractivity contribution is 5.91. The van der Waals surface area contributed by atoms with E-state index >= 15 is 0 Å². The Balaban J connectivity index is 2.86. The lowest BCUT2D eigenvalue weighted by molar-refractivity contribution is 1.51. The van der Waals surface area contributed by atoms with E-state index in [4.69, 9.17) is 0 Å². The first-order valence-corrected chi connectivity index (χ1v) is 5.45. The van der Waals surface area contributed by atoms with Gasteiger partial charge in [0, 0.05) is 0 Å². The summed E-state index contributed by atoms with van der Waals surface area (Å²) in [5.41, 5.74) is 4.73. The summed E-state index contributed by atoms with van der Waals surface area (Å²) in [4.78, 5) is 0. The van der Waals surface area contributed by atoms with Gasteiger partial charge in [0.15, 0.2) is 0 Å². The van der Waals surface area contributed by atoms with Gasteiger partial charge in [-0.15, -0.1) is 0 Å². The van der Waals surface area contributed by atoms with Crippen LogP contribution >= 0.6 is 0 Å². The minimum absolute atomic E-state index is 1.08. The molecule has 0 N–H and O–H groups in total. The molecule has 0 unspecified atom stereocenters. The Hall–Kier alpha value is -1.82. The summed E-state index contributed by atoms with van der Waals surface area (Å²) in [5, 5.41) is 2.56. The van der Waals surface area contributed by atoms with E-state index in [1.807, 2.05) is 13.0 Å². The monoisotopic (exact) mass is 208 g/mol. The van der Waals surface area contributed by atoms with Crippen molar-refractivity contribution >= 4 is 22.4 Å². The Morgan fingerprint density at radius 2 is 2.00 bits per heavy atom. The number of rotatable bonds is 2. The Kier molecular flexibility index (Phi) is 2.66. The molecule has 0 aliphatic rings. The first-order chi connectivity index (χ1) is 7.63. The normalized spacial score (nSPS) is 10.4. The topological polar surface area (TPSA) is 0 Å². The zero-order valence-corrected chi connectivity index (χ0v) is 9.88. The highest BCUT2D eigenvalue weighted by atomic mass is 14.1. The van der Waals surface area contributed by atoms with Gasteiger partial charge in [-0.3, -0.25) is 0 Å². The van der Waals surface area contributed by atoms with E-state index in [2.05, 4.69) is 50.4 Å². The predicted octanol–water partition coefficient (Wildman–Crippen LogP) is 4.82. The third-order valence-corrected chi connectivity index (χ3v) is 2.95. The molecule has 0 aliphatic heterocycles. The Labute approximate surface area is 96.9 Å². The van der Waals surface area contributed by atoms with Gasteiger partial charge >= 0.3 is 0 Å². The minimum atomic E-state index is 1.08. The molecule has 0 aliphatic carbocycles. The molecule has 0 spiro atoms. The molecule has 0 saturated carbocycles. The average molecular weight is 208 g/mol. The van der Waals surface area contributed by atoms with Gasteiger partial charge in [0.1, 0.15) is 0 Å². The van der Waals surface area contributed by atoms with Crippen molar-refractivity contribution in [1.82, 2.24) is 0 Å². The van der Waals surface area contributed by atoms with E-state index in [1.54, 1.807) is 0 Å². The second-order valence-corrected chi connectivity index (χ2v) is 4.22. The molecule has 0 heteroatoms. The van der Waals surface area contributed by atoms with Crippen LogP contribution in [0.1, 0.15) is 23.6 Å². The van der Waals surface area contributed by atoms with Gasteiger partial charge in [0.2, 0.25) is 0 Å². The van der Waals surface area contributed by atoms with Gasteiger partial charge < -0.3 is 0 Å². The number of hydrogen-bond donors (Lipinski definition) is 0. The van der Waals surface area contributed by atoms with Crippen LogP contribution in [0.3, 0.4) is 0 Å². The largest absolute Gasteiger partial charge is 0.0984 e.